The molecule has 0 fully saturated rings. The number of benzene rings is 1. The average Bonchev–Trinajstić information content (AvgIpc) is 2.14. The van der Waals surface area contributed by atoms with E-state index in [1.165, 1.54) is 7.11 Å². The zero-order chi connectivity index (χ0) is 12.5. The minimum absolute atomic E-state index is 0.0133. The Balaban J connectivity index is 3.50. The zero-order valence-electron chi connectivity index (χ0n) is 10.5. The molecule has 0 spiro atoms. The summed E-state index contributed by atoms with van der Waals surface area (Å²) >= 11 is 0. The van der Waals surface area contributed by atoms with Gasteiger partial charge in [-0.25, -0.2) is 0 Å². The summed E-state index contributed by atoms with van der Waals surface area (Å²) in [6.07, 6.45) is 0. The standard InChI is InChI=1S/C13H19NO2/c1-8-9(13(2,3)4)6-7-10(16-5)11(8)12(14)15/h6-7H,1-5H3,(H2,14,15). The van der Waals surface area contributed by atoms with Crippen LogP contribution in [-0.4, -0.2) is 13.0 Å². The maximum absolute atomic E-state index is 11.4. The smallest absolute Gasteiger partial charge is 0.252 e. The number of hydrogen-bond donors (Lipinski definition) is 1. The van der Waals surface area contributed by atoms with Crippen molar-refractivity contribution in [3.05, 3.63) is 28.8 Å². The van der Waals surface area contributed by atoms with Crippen molar-refractivity contribution in [2.45, 2.75) is 33.1 Å². The quantitative estimate of drug-likeness (QED) is 0.833. The van der Waals surface area contributed by atoms with Gasteiger partial charge >= 0.3 is 0 Å². The summed E-state index contributed by atoms with van der Waals surface area (Å²) in [5, 5.41) is 0. The normalized spacial score (nSPS) is 11.3. The maximum atomic E-state index is 11.4. The SMILES string of the molecule is COc1ccc(C(C)(C)C)c(C)c1C(N)=O. The first-order valence-corrected chi connectivity index (χ1v) is 5.27. The van der Waals surface area contributed by atoms with Crippen molar-refractivity contribution in [1.29, 1.82) is 0 Å². The van der Waals surface area contributed by atoms with E-state index < -0.39 is 5.91 Å². The van der Waals surface area contributed by atoms with Crippen LogP contribution >= 0.6 is 0 Å². The summed E-state index contributed by atoms with van der Waals surface area (Å²) < 4.78 is 5.15. The maximum Gasteiger partial charge on any atom is 0.252 e. The summed E-state index contributed by atoms with van der Waals surface area (Å²) in [5.74, 6) is 0.0958. The number of carbonyl (C=O) groups is 1. The monoisotopic (exact) mass is 221 g/mol. The first-order valence-electron chi connectivity index (χ1n) is 5.27. The van der Waals surface area contributed by atoms with E-state index >= 15 is 0 Å². The molecule has 0 aromatic heterocycles. The number of primary amides is 1. The van der Waals surface area contributed by atoms with Crippen molar-refractivity contribution in [2.24, 2.45) is 5.73 Å². The Bertz CT molecular complexity index is 417. The largest absolute Gasteiger partial charge is 0.496 e. The van der Waals surface area contributed by atoms with Crippen molar-refractivity contribution in [3.8, 4) is 5.75 Å². The number of hydrogen-bond acceptors (Lipinski definition) is 2. The van der Waals surface area contributed by atoms with Gasteiger partial charge in [0.25, 0.3) is 5.91 Å². The molecule has 1 aromatic rings. The third kappa shape index (κ3) is 2.18. The van der Waals surface area contributed by atoms with Crippen LogP contribution in [0.15, 0.2) is 12.1 Å². The van der Waals surface area contributed by atoms with Crippen LogP contribution in [0, 0.1) is 6.92 Å². The van der Waals surface area contributed by atoms with E-state index in [-0.39, 0.29) is 5.41 Å². The van der Waals surface area contributed by atoms with Crippen LogP contribution in [0.5, 0.6) is 5.75 Å². The first-order chi connectivity index (χ1) is 7.29. The molecule has 0 aliphatic carbocycles. The van der Waals surface area contributed by atoms with Crippen LogP contribution in [-0.2, 0) is 5.41 Å². The van der Waals surface area contributed by atoms with Crippen LogP contribution in [0.25, 0.3) is 0 Å². The van der Waals surface area contributed by atoms with Crippen LogP contribution < -0.4 is 10.5 Å². The summed E-state index contributed by atoms with van der Waals surface area (Å²) in [7, 11) is 1.54. The molecule has 0 aliphatic rings. The predicted octanol–water partition coefficient (Wildman–Crippen LogP) is 2.40. The Hall–Kier alpha value is -1.51. The van der Waals surface area contributed by atoms with E-state index in [1.54, 1.807) is 6.07 Å². The third-order valence-corrected chi connectivity index (χ3v) is 2.70. The van der Waals surface area contributed by atoms with E-state index in [2.05, 4.69) is 20.8 Å². The molecule has 88 valence electrons. The molecule has 0 radical (unpaired) electrons. The molecule has 3 heteroatoms. The number of rotatable bonds is 2. The van der Waals surface area contributed by atoms with E-state index in [0.717, 1.165) is 11.1 Å². The van der Waals surface area contributed by atoms with Crippen LogP contribution in [0.3, 0.4) is 0 Å². The highest BCUT2D eigenvalue weighted by Crippen LogP contribution is 2.32. The summed E-state index contributed by atoms with van der Waals surface area (Å²) in [5.41, 5.74) is 7.87. The molecule has 2 N–H and O–H groups in total. The molecule has 3 nitrogen and oxygen atoms in total. The van der Waals surface area contributed by atoms with Gasteiger partial charge < -0.3 is 10.5 Å². The summed E-state index contributed by atoms with van der Waals surface area (Å²) in [4.78, 5) is 11.4. The molecular formula is C13H19NO2. The zero-order valence-corrected chi connectivity index (χ0v) is 10.5. The van der Waals surface area contributed by atoms with Gasteiger partial charge in [0.15, 0.2) is 0 Å². The lowest BCUT2D eigenvalue weighted by molar-refractivity contribution is 0.0996. The van der Waals surface area contributed by atoms with Crippen LogP contribution in [0.4, 0.5) is 0 Å². The Labute approximate surface area is 96.6 Å². The fraction of sp³-hybridized carbons (Fsp3) is 0.462. The number of ether oxygens (including phenoxy) is 1. The number of methoxy groups -OCH3 is 1. The van der Waals surface area contributed by atoms with Gasteiger partial charge in [-0.15, -0.1) is 0 Å². The van der Waals surface area contributed by atoms with Crippen molar-refractivity contribution in [2.75, 3.05) is 7.11 Å². The molecule has 0 heterocycles. The Morgan fingerprint density at radius 2 is 1.88 bits per heavy atom. The molecule has 0 atom stereocenters. The minimum atomic E-state index is -0.444. The molecule has 1 rings (SSSR count). The molecule has 1 amide bonds. The second kappa shape index (κ2) is 4.16. The fourth-order valence-corrected chi connectivity index (χ4v) is 1.98. The Morgan fingerprint density at radius 1 is 1.31 bits per heavy atom. The molecule has 0 saturated carbocycles. The van der Waals surface area contributed by atoms with E-state index in [4.69, 9.17) is 10.5 Å². The highest BCUT2D eigenvalue weighted by Gasteiger charge is 2.22. The first kappa shape index (κ1) is 12.6. The average molecular weight is 221 g/mol. The van der Waals surface area contributed by atoms with Gasteiger partial charge in [-0.05, 0) is 29.5 Å². The van der Waals surface area contributed by atoms with Crippen molar-refractivity contribution in [3.63, 3.8) is 0 Å². The minimum Gasteiger partial charge on any atom is -0.496 e. The van der Waals surface area contributed by atoms with E-state index in [9.17, 15) is 4.79 Å². The molecule has 16 heavy (non-hydrogen) atoms. The second-order valence-electron chi connectivity index (χ2n) is 4.93. The Kier molecular flexibility index (Phi) is 3.27. The third-order valence-electron chi connectivity index (χ3n) is 2.70. The van der Waals surface area contributed by atoms with Crippen molar-refractivity contribution < 1.29 is 9.53 Å². The fourth-order valence-electron chi connectivity index (χ4n) is 1.98. The summed E-state index contributed by atoms with van der Waals surface area (Å²) in [6, 6.07) is 3.79. The highest BCUT2D eigenvalue weighted by molar-refractivity contribution is 5.97. The summed E-state index contributed by atoms with van der Waals surface area (Å²) in [6.45, 7) is 8.22. The number of carbonyl (C=O) groups excluding carboxylic acids is 1. The van der Waals surface area contributed by atoms with Gasteiger partial charge in [-0.3, -0.25) is 4.79 Å². The van der Waals surface area contributed by atoms with Gasteiger partial charge in [-0.2, -0.15) is 0 Å². The van der Waals surface area contributed by atoms with Crippen molar-refractivity contribution >= 4 is 5.91 Å². The molecule has 1 aromatic carbocycles. The molecule has 0 unspecified atom stereocenters. The molecule has 0 bridgehead atoms. The Morgan fingerprint density at radius 3 is 2.25 bits per heavy atom. The number of nitrogens with two attached hydrogens (primary N) is 1. The predicted molar refractivity (Wildman–Crippen MR) is 64.9 cm³/mol. The van der Waals surface area contributed by atoms with Gasteiger partial charge in [0.2, 0.25) is 0 Å². The van der Waals surface area contributed by atoms with Gasteiger partial charge in [0.1, 0.15) is 5.75 Å². The van der Waals surface area contributed by atoms with E-state index in [1.807, 2.05) is 13.0 Å². The lowest BCUT2D eigenvalue weighted by atomic mass is 9.82. The van der Waals surface area contributed by atoms with Crippen LogP contribution in [0.2, 0.25) is 0 Å². The lowest BCUT2D eigenvalue weighted by Gasteiger charge is -2.23. The van der Waals surface area contributed by atoms with Crippen LogP contribution in [0.1, 0.15) is 42.3 Å². The van der Waals surface area contributed by atoms with Crippen molar-refractivity contribution in [1.82, 2.24) is 0 Å². The van der Waals surface area contributed by atoms with Gasteiger partial charge in [0, 0.05) is 0 Å². The molecule has 0 saturated heterocycles. The number of amides is 1. The second-order valence-corrected chi connectivity index (χ2v) is 4.93. The molecule has 0 aliphatic heterocycles. The van der Waals surface area contributed by atoms with Gasteiger partial charge in [-0.1, -0.05) is 26.8 Å². The van der Waals surface area contributed by atoms with E-state index in [0.29, 0.717) is 11.3 Å². The topological polar surface area (TPSA) is 52.3 Å². The lowest BCUT2D eigenvalue weighted by Crippen LogP contribution is -2.19. The molecular weight excluding hydrogens is 202 g/mol. The highest BCUT2D eigenvalue weighted by atomic mass is 16.5. The van der Waals surface area contributed by atoms with Gasteiger partial charge in [0.05, 0.1) is 12.7 Å².